The summed E-state index contributed by atoms with van der Waals surface area (Å²) in [6.45, 7) is 6.64. The molecule has 1 aliphatic carbocycles. The number of aliphatic hydroxyl groups excluding tert-OH is 1. The minimum absolute atomic E-state index is 0.124. The Morgan fingerprint density at radius 2 is 2.00 bits per heavy atom. The van der Waals surface area contributed by atoms with Crippen LogP contribution in [0.2, 0.25) is 5.02 Å². The van der Waals surface area contributed by atoms with Gasteiger partial charge in [0, 0.05) is 17.7 Å². The van der Waals surface area contributed by atoms with E-state index < -0.39 is 5.54 Å². The molecule has 0 unspecified atom stereocenters. The van der Waals surface area contributed by atoms with Crippen LogP contribution in [0.4, 0.5) is 0 Å². The van der Waals surface area contributed by atoms with Crippen LogP contribution in [0.15, 0.2) is 17.9 Å². The average molecular weight is 408 g/mol. The number of benzene rings is 1. The molecule has 0 bridgehead atoms. The molecule has 1 fully saturated rings. The van der Waals surface area contributed by atoms with E-state index in [1.165, 1.54) is 0 Å². The smallest absolute Gasteiger partial charge is 0.256 e. The standard InChI is InChI=1S/C22H30ClNO4/c1-5-14-10-15(23)11-17(28-12-13(2)3)18(14)19-20(25)22(24-21(19)26)8-6-16(27-4)7-9-22/h10-11,13,16,25H,5-9,12H2,1-4H3,(H,24,26). The molecule has 0 atom stereocenters. The number of hydrogen-bond acceptors (Lipinski definition) is 4. The lowest BCUT2D eigenvalue weighted by Crippen LogP contribution is -2.48. The predicted octanol–water partition coefficient (Wildman–Crippen LogP) is 4.66. The number of methoxy groups -OCH3 is 1. The van der Waals surface area contributed by atoms with E-state index in [9.17, 15) is 9.90 Å². The highest BCUT2D eigenvalue weighted by Crippen LogP contribution is 2.45. The number of rotatable bonds is 6. The van der Waals surface area contributed by atoms with Crippen LogP contribution in [0, 0.1) is 5.92 Å². The molecular formula is C22H30ClNO4. The molecule has 1 spiro atoms. The molecule has 1 aromatic carbocycles. The first-order valence-electron chi connectivity index (χ1n) is 10.1. The topological polar surface area (TPSA) is 67.8 Å². The SMILES string of the molecule is CCc1cc(Cl)cc(OCC(C)C)c1C1=C(O)C2(CCC(OC)CC2)NC1=O. The minimum Gasteiger partial charge on any atom is -0.509 e. The molecular weight excluding hydrogens is 378 g/mol. The molecule has 1 heterocycles. The third-order valence-electron chi connectivity index (χ3n) is 5.74. The number of aliphatic hydroxyl groups is 1. The summed E-state index contributed by atoms with van der Waals surface area (Å²) in [5.41, 5.74) is 1.17. The van der Waals surface area contributed by atoms with Crippen LogP contribution in [0.3, 0.4) is 0 Å². The van der Waals surface area contributed by atoms with Gasteiger partial charge in [-0.3, -0.25) is 4.79 Å². The van der Waals surface area contributed by atoms with Gasteiger partial charge in [0.1, 0.15) is 11.5 Å². The van der Waals surface area contributed by atoms with E-state index in [0.29, 0.717) is 53.7 Å². The van der Waals surface area contributed by atoms with E-state index in [1.54, 1.807) is 13.2 Å². The Balaban J connectivity index is 2.07. The number of ether oxygens (including phenoxy) is 2. The number of amides is 1. The molecule has 6 heteroatoms. The van der Waals surface area contributed by atoms with E-state index in [-0.39, 0.29) is 17.8 Å². The van der Waals surface area contributed by atoms with Crippen molar-refractivity contribution in [1.82, 2.24) is 5.32 Å². The van der Waals surface area contributed by atoms with Gasteiger partial charge in [-0.2, -0.15) is 0 Å². The Morgan fingerprint density at radius 1 is 1.32 bits per heavy atom. The maximum atomic E-state index is 13.0. The summed E-state index contributed by atoms with van der Waals surface area (Å²) >= 11 is 6.30. The molecule has 1 aromatic rings. The molecule has 0 radical (unpaired) electrons. The zero-order valence-corrected chi connectivity index (χ0v) is 17.9. The molecule has 2 aliphatic rings. The van der Waals surface area contributed by atoms with Gasteiger partial charge < -0.3 is 19.9 Å². The van der Waals surface area contributed by atoms with Gasteiger partial charge in [-0.15, -0.1) is 0 Å². The Hall–Kier alpha value is -1.72. The first-order chi connectivity index (χ1) is 13.3. The summed E-state index contributed by atoms with van der Waals surface area (Å²) in [4.78, 5) is 13.0. The quantitative estimate of drug-likeness (QED) is 0.719. The maximum Gasteiger partial charge on any atom is 0.256 e. The van der Waals surface area contributed by atoms with Gasteiger partial charge in [-0.05, 0) is 55.7 Å². The van der Waals surface area contributed by atoms with Crippen LogP contribution in [-0.4, -0.2) is 36.4 Å². The molecule has 1 amide bonds. The predicted molar refractivity (Wildman–Crippen MR) is 111 cm³/mol. The van der Waals surface area contributed by atoms with Crippen molar-refractivity contribution >= 4 is 23.1 Å². The van der Waals surface area contributed by atoms with Crippen molar-refractivity contribution in [3.8, 4) is 5.75 Å². The van der Waals surface area contributed by atoms with E-state index in [1.807, 2.05) is 13.0 Å². The fourth-order valence-electron chi connectivity index (χ4n) is 4.17. The third kappa shape index (κ3) is 3.87. The summed E-state index contributed by atoms with van der Waals surface area (Å²) in [6, 6.07) is 3.58. The van der Waals surface area contributed by atoms with Crippen LogP contribution in [-0.2, 0) is 16.0 Å². The van der Waals surface area contributed by atoms with Gasteiger partial charge >= 0.3 is 0 Å². The number of carbonyl (C=O) groups excluding carboxylic acids is 1. The van der Waals surface area contributed by atoms with Crippen molar-refractivity contribution in [3.05, 3.63) is 34.0 Å². The summed E-state index contributed by atoms with van der Waals surface area (Å²) < 4.78 is 11.5. The van der Waals surface area contributed by atoms with Crippen LogP contribution < -0.4 is 10.1 Å². The zero-order valence-electron chi connectivity index (χ0n) is 17.1. The van der Waals surface area contributed by atoms with Gasteiger partial charge in [0.05, 0.1) is 23.8 Å². The molecule has 1 saturated carbocycles. The third-order valence-corrected chi connectivity index (χ3v) is 5.96. The molecule has 1 aliphatic heterocycles. The number of nitrogens with one attached hydrogen (secondary N) is 1. The lowest BCUT2D eigenvalue weighted by Gasteiger charge is -2.36. The van der Waals surface area contributed by atoms with E-state index in [0.717, 1.165) is 18.4 Å². The fourth-order valence-corrected chi connectivity index (χ4v) is 4.40. The maximum absolute atomic E-state index is 13.0. The fraction of sp³-hybridized carbons (Fsp3) is 0.591. The summed E-state index contributed by atoms with van der Waals surface area (Å²) in [5, 5.41) is 14.8. The van der Waals surface area contributed by atoms with Gasteiger partial charge in [0.15, 0.2) is 0 Å². The molecule has 2 N–H and O–H groups in total. The van der Waals surface area contributed by atoms with Crippen LogP contribution in [0.1, 0.15) is 57.6 Å². The Bertz CT molecular complexity index is 779. The summed E-state index contributed by atoms with van der Waals surface area (Å²) in [5.74, 6) is 0.753. The van der Waals surface area contributed by atoms with Crippen molar-refractivity contribution in [3.63, 3.8) is 0 Å². The van der Waals surface area contributed by atoms with Gasteiger partial charge in [-0.25, -0.2) is 0 Å². The van der Waals surface area contributed by atoms with Crippen molar-refractivity contribution in [2.24, 2.45) is 5.92 Å². The van der Waals surface area contributed by atoms with E-state index in [4.69, 9.17) is 21.1 Å². The zero-order chi connectivity index (χ0) is 20.5. The number of carbonyl (C=O) groups is 1. The Morgan fingerprint density at radius 3 is 2.57 bits per heavy atom. The van der Waals surface area contributed by atoms with E-state index in [2.05, 4.69) is 19.2 Å². The normalized spacial score (nSPS) is 24.9. The molecule has 3 rings (SSSR count). The van der Waals surface area contributed by atoms with Crippen LogP contribution >= 0.6 is 11.6 Å². The molecule has 0 aromatic heterocycles. The van der Waals surface area contributed by atoms with Gasteiger partial charge in [0.2, 0.25) is 0 Å². The van der Waals surface area contributed by atoms with Crippen molar-refractivity contribution < 1.29 is 19.4 Å². The molecule has 0 saturated heterocycles. The van der Waals surface area contributed by atoms with Gasteiger partial charge in [-0.1, -0.05) is 32.4 Å². The van der Waals surface area contributed by atoms with E-state index >= 15 is 0 Å². The van der Waals surface area contributed by atoms with Crippen molar-refractivity contribution in [2.75, 3.05) is 13.7 Å². The second kappa shape index (κ2) is 8.34. The first-order valence-corrected chi connectivity index (χ1v) is 10.4. The Kier molecular flexibility index (Phi) is 6.25. The lowest BCUT2D eigenvalue weighted by atomic mass is 9.79. The first kappa shape index (κ1) is 21.0. The number of hydrogen-bond donors (Lipinski definition) is 2. The molecule has 28 heavy (non-hydrogen) atoms. The highest BCUT2D eigenvalue weighted by atomic mass is 35.5. The summed E-state index contributed by atoms with van der Waals surface area (Å²) in [6.07, 6.45) is 3.76. The van der Waals surface area contributed by atoms with Gasteiger partial charge in [0.25, 0.3) is 5.91 Å². The average Bonchev–Trinajstić information content (AvgIpc) is 2.90. The van der Waals surface area contributed by atoms with Crippen LogP contribution in [0.25, 0.3) is 5.57 Å². The highest BCUT2D eigenvalue weighted by Gasteiger charge is 2.48. The monoisotopic (exact) mass is 407 g/mol. The summed E-state index contributed by atoms with van der Waals surface area (Å²) in [7, 11) is 1.70. The number of aryl methyl sites for hydroxylation is 1. The van der Waals surface area contributed by atoms with Crippen LogP contribution in [0.5, 0.6) is 5.75 Å². The number of halogens is 1. The highest BCUT2D eigenvalue weighted by molar-refractivity contribution is 6.31. The molecule has 5 nitrogen and oxygen atoms in total. The van der Waals surface area contributed by atoms with Crippen molar-refractivity contribution in [2.45, 2.75) is 64.5 Å². The second-order valence-electron chi connectivity index (χ2n) is 8.19. The second-order valence-corrected chi connectivity index (χ2v) is 8.63. The minimum atomic E-state index is -0.707. The Labute approximate surface area is 172 Å². The van der Waals surface area contributed by atoms with Crippen molar-refractivity contribution in [1.29, 1.82) is 0 Å². The lowest BCUT2D eigenvalue weighted by molar-refractivity contribution is -0.116. The largest absolute Gasteiger partial charge is 0.509 e. The molecule has 154 valence electrons.